The van der Waals surface area contributed by atoms with Crippen molar-refractivity contribution >= 4 is 0 Å². The van der Waals surface area contributed by atoms with E-state index < -0.39 is 11.6 Å². The first-order valence-electron chi connectivity index (χ1n) is 5.38. The molecule has 0 saturated carbocycles. The Morgan fingerprint density at radius 1 is 1.24 bits per heavy atom. The minimum absolute atomic E-state index is 0.366. The molecule has 0 fully saturated rings. The van der Waals surface area contributed by atoms with Crippen LogP contribution in [-0.2, 0) is 13.1 Å². The molecule has 0 unspecified atom stereocenters. The smallest absolute Gasteiger partial charge is 0.159 e. The van der Waals surface area contributed by atoms with E-state index in [2.05, 4.69) is 5.10 Å². The molecule has 0 aliphatic heterocycles. The molecule has 1 aromatic carbocycles. The van der Waals surface area contributed by atoms with E-state index in [0.717, 1.165) is 17.8 Å². The van der Waals surface area contributed by atoms with Gasteiger partial charge in [-0.25, -0.2) is 8.78 Å². The van der Waals surface area contributed by atoms with Crippen LogP contribution in [0.1, 0.15) is 12.6 Å². The predicted molar refractivity (Wildman–Crippen MR) is 61.1 cm³/mol. The number of rotatable bonds is 3. The predicted octanol–water partition coefficient (Wildman–Crippen LogP) is 2.31. The summed E-state index contributed by atoms with van der Waals surface area (Å²) in [6, 6.07) is 5.52. The molecule has 0 radical (unpaired) electrons. The fraction of sp³-hybridized carbons (Fsp3) is 0.250. The Balaban J connectivity index is 2.45. The van der Waals surface area contributed by atoms with Gasteiger partial charge in [0.05, 0.1) is 11.4 Å². The lowest BCUT2D eigenvalue weighted by Crippen LogP contribution is -2.06. The molecule has 0 aliphatic carbocycles. The monoisotopic (exact) mass is 237 g/mol. The molecule has 17 heavy (non-hydrogen) atoms. The van der Waals surface area contributed by atoms with Crippen LogP contribution in [0, 0.1) is 11.6 Å². The standard InChI is InChI=1S/C12H13F2N3/c1-2-17-9(7-15)6-12(16-17)8-3-4-10(13)11(14)5-8/h3-6H,2,7,15H2,1H3. The molecule has 90 valence electrons. The van der Waals surface area contributed by atoms with E-state index in [0.29, 0.717) is 24.3 Å². The Kier molecular flexibility index (Phi) is 3.19. The molecule has 2 N–H and O–H groups in total. The molecule has 1 aromatic heterocycles. The maximum Gasteiger partial charge on any atom is 0.159 e. The molecule has 2 rings (SSSR count). The van der Waals surface area contributed by atoms with Crippen LogP contribution in [0.15, 0.2) is 24.3 Å². The summed E-state index contributed by atoms with van der Waals surface area (Å²) in [7, 11) is 0. The Bertz CT molecular complexity index is 513. The third-order valence-electron chi connectivity index (χ3n) is 2.59. The van der Waals surface area contributed by atoms with Crippen LogP contribution in [0.2, 0.25) is 0 Å². The molecule has 0 amide bonds. The molecule has 0 saturated heterocycles. The van der Waals surface area contributed by atoms with Crippen molar-refractivity contribution in [3.05, 3.63) is 41.6 Å². The van der Waals surface area contributed by atoms with Gasteiger partial charge in [0.25, 0.3) is 0 Å². The Morgan fingerprint density at radius 2 is 2.00 bits per heavy atom. The van der Waals surface area contributed by atoms with Gasteiger partial charge in [-0.15, -0.1) is 0 Å². The topological polar surface area (TPSA) is 43.8 Å². The Hall–Kier alpha value is -1.75. The summed E-state index contributed by atoms with van der Waals surface area (Å²) in [6.07, 6.45) is 0. The van der Waals surface area contributed by atoms with Gasteiger partial charge in [-0.05, 0) is 31.2 Å². The number of aromatic nitrogens is 2. The number of benzene rings is 1. The lowest BCUT2D eigenvalue weighted by Gasteiger charge is -1.99. The van der Waals surface area contributed by atoms with Crippen molar-refractivity contribution in [2.24, 2.45) is 5.73 Å². The average molecular weight is 237 g/mol. The highest BCUT2D eigenvalue weighted by Gasteiger charge is 2.09. The molecule has 3 nitrogen and oxygen atoms in total. The summed E-state index contributed by atoms with van der Waals surface area (Å²) >= 11 is 0. The average Bonchev–Trinajstić information content (AvgIpc) is 2.75. The highest BCUT2D eigenvalue weighted by molar-refractivity contribution is 5.59. The molecule has 2 aromatic rings. The van der Waals surface area contributed by atoms with Gasteiger partial charge in [0.2, 0.25) is 0 Å². The van der Waals surface area contributed by atoms with Gasteiger partial charge < -0.3 is 5.73 Å². The Morgan fingerprint density at radius 3 is 2.53 bits per heavy atom. The van der Waals surface area contributed by atoms with Gasteiger partial charge in [-0.1, -0.05) is 0 Å². The largest absolute Gasteiger partial charge is 0.325 e. The molecule has 0 bridgehead atoms. The molecular weight excluding hydrogens is 224 g/mol. The fourth-order valence-corrected chi connectivity index (χ4v) is 1.69. The lowest BCUT2D eigenvalue weighted by molar-refractivity contribution is 0.509. The molecule has 0 spiro atoms. The van der Waals surface area contributed by atoms with Crippen molar-refractivity contribution in [2.45, 2.75) is 20.0 Å². The van der Waals surface area contributed by atoms with E-state index in [1.165, 1.54) is 6.07 Å². The van der Waals surface area contributed by atoms with E-state index >= 15 is 0 Å². The zero-order valence-electron chi connectivity index (χ0n) is 9.45. The molecule has 1 heterocycles. The number of nitrogens with zero attached hydrogens (tertiary/aromatic N) is 2. The third kappa shape index (κ3) is 2.19. The summed E-state index contributed by atoms with van der Waals surface area (Å²) in [5, 5.41) is 4.29. The highest BCUT2D eigenvalue weighted by Crippen LogP contribution is 2.21. The first-order chi connectivity index (χ1) is 8.15. The molecular formula is C12H13F2N3. The SMILES string of the molecule is CCn1nc(-c2ccc(F)c(F)c2)cc1CN. The summed E-state index contributed by atoms with van der Waals surface area (Å²) in [6.45, 7) is 3.00. The van der Waals surface area contributed by atoms with E-state index in [1.54, 1.807) is 10.7 Å². The van der Waals surface area contributed by atoms with Crippen LogP contribution >= 0.6 is 0 Å². The van der Waals surface area contributed by atoms with E-state index in [9.17, 15) is 8.78 Å². The van der Waals surface area contributed by atoms with Crippen molar-refractivity contribution in [3.8, 4) is 11.3 Å². The molecule has 0 aliphatic rings. The maximum atomic E-state index is 13.1. The normalized spacial score (nSPS) is 10.8. The van der Waals surface area contributed by atoms with Crippen molar-refractivity contribution < 1.29 is 8.78 Å². The Labute approximate surface area is 97.9 Å². The van der Waals surface area contributed by atoms with Gasteiger partial charge in [0.1, 0.15) is 0 Å². The van der Waals surface area contributed by atoms with Crippen molar-refractivity contribution in [1.82, 2.24) is 9.78 Å². The quantitative estimate of drug-likeness (QED) is 0.890. The summed E-state index contributed by atoms with van der Waals surface area (Å²) < 4.78 is 27.7. The van der Waals surface area contributed by atoms with Crippen LogP contribution in [0.3, 0.4) is 0 Å². The van der Waals surface area contributed by atoms with Crippen LogP contribution in [0.5, 0.6) is 0 Å². The van der Waals surface area contributed by atoms with Gasteiger partial charge >= 0.3 is 0 Å². The second-order valence-electron chi connectivity index (χ2n) is 3.67. The van der Waals surface area contributed by atoms with Crippen molar-refractivity contribution in [1.29, 1.82) is 0 Å². The zero-order valence-corrected chi connectivity index (χ0v) is 9.45. The van der Waals surface area contributed by atoms with E-state index in [4.69, 9.17) is 5.73 Å². The third-order valence-corrected chi connectivity index (χ3v) is 2.59. The minimum Gasteiger partial charge on any atom is -0.325 e. The van der Waals surface area contributed by atoms with Crippen LogP contribution in [-0.4, -0.2) is 9.78 Å². The van der Waals surface area contributed by atoms with Gasteiger partial charge in [0.15, 0.2) is 11.6 Å². The first kappa shape index (κ1) is 11.7. The lowest BCUT2D eigenvalue weighted by atomic mass is 10.1. The highest BCUT2D eigenvalue weighted by atomic mass is 19.2. The van der Waals surface area contributed by atoms with Crippen LogP contribution in [0.25, 0.3) is 11.3 Å². The number of halogens is 2. The van der Waals surface area contributed by atoms with Crippen LogP contribution < -0.4 is 5.73 Å². The van der Waals surface area contributed by atoms with Gasteiger partial charge in [-0.2, -0.15) is 5.10 Å². The van der Waals surface area contributed by atoms with Gasteiger partial charge in [0, 0.05) is 18.7 Å². The summed E-state index contributed by atoms with van der Waals surface area (Å²) in [5.74, 6) is -1.73. The number of hydrogen-bond acceptors (Lipinski definition) is 2. The summed E-state index contributed by atoms with van der Waals surface area (Å²) in [5.41, 5.74) is 7.59. The second-order valence-corrected chi connectivity index (χ2v) is 3.67. The minimum atomic E-state index is -0.872. The van der Waals surface area contributed by atoms with Gasteiger partial charge in [-0.3, -0.25) is 4.68 Å². The summed E-state index contributed by atoms with van der Waals surface area (Å²) in [4.78, 5) is 0. The number of nitrogens with two attached hydrogens (primary N) is 1. The van der Waals surface area contributed by atoms with E-state index in [1.807, 2.05) is 6.92 Å². The van der Waals surface area contributed by atoms with Crippen molar-refractivity contribution in [2.75, 3.05) is 0 Å². The molecule has 0 atom stereocenters. The maximum absolute atomic E-state index is 13.1. The first-order valence-corrected chi connectivity index (χ1v) is 5.38. The van der Waals surface area contributed by atoms with E-state index in [-0.39, 0.29) is 0 Å². The van der Waals surface area contributed by atoms with Crippen LogP contribution in [0.4, 0.5) is 8.78 Å². The number of aryl methyl sites for hydroxylation is 1. The fourth-order valence-electron chi connectivity index (χ4n) is 1.69. The second kappa shape index (κ2) is 4.63. The molecule has 5 heteroatoms. The zero-order chi connectivity index (χ0) is 12.4. The number of hydrogen-bond donors (Lipinski definition) is 1. The van der Waals surface area contributed by atoms with Crippen molar-refractivity contribution in [3.63, 3.8) is 0 Å².